The quantitative estimate of drug-likeness (QED) is 0.842. The van der Waals surface area contributed by atoms with Gasteiger partial charge in [-0.15, -0.1) is 0 Å². The molecule has 0 radical (unpaired) electrons. The Kier molecular flexibility index (Phi) is 5.80. The van der Waals surface area contributed by atoms with Crippen molar-refractivity contribution >= 4 is 11.6 Å². The van der Waals surface area contributed by atoms with Crippen LogP contribution >= 0.6 is 0 Å². The van der Waals surface area contributed by atoms with Crippen molar-refractivity contribution < 1.29 is 9.53 Å². The molecular weight excluding hydrogens is 286 g/mol. The highest BCUT2D eigenvalue weighted by atomic mass is 16.5. The number of hydrogen-bond acceptors (Lipinski definition) is 2. The Morgan fingerprint density at radius 3 is 2.39 bits per heavy atom. The minimum atomic E-state index is -0.498. The highest BCUT2D eigenvalue weighted by Gasteiger charge is 2.19. The van der Waals surface area contributed by atoms with E-state index in [0.29, 0.717) is 6.42 Å². The van der Waals surface area contributed by atoms with Crippen molar-refractivity contribution in [1.82, 2.24) is 0 Å². The number of rotatable bonds is 6. The second-order valence-electron chi connectivity index (χ2n) is 5.75. The van der Waals surface area contributed by atoms with Gasteiger partial charge in [-0.2, -0.15) is 0 Å². The third kappa shape index (κ3) is 4.35. The van der Waals surface area contributed by atoms with Crippen LogP contribution in [0, 0.1) is 13.8 Å². The summed E-state index contributed by atoms with van der Waals surface area (Å²) in [5, 5.41) is 2.98. The number of benzene rings is 2. The lowest BCUT2D eigenvalue weighted by Crippen LogP contribution is -2.32. The first-order valence-electron chi connectivity index (χ1n) is 8.17. The molecule has 0 heterocycles. The number of amides is 1. The molecule has 0 saturated heterocycles. The average Bonchev–Trinajstić information content (AvgIpc) is 2.57. The topological polar surface area (TPSA) is 38.3 Å². The minimum Gasteiger partial charge on any atom is -0.481 e. The summed E-state index contributed by atoms with van der Waals surface area (Å²) in [6.07, 6.45) is 1.11. The Morgan fingerprint density at radius 1 is 1.09 bits per heavy atom. The van der Waals surface area contributed by atoms with Crippen molar-refractivity contribution in [2.24, 2.45) is 0 Å². The van der Waals surface area contributed by atoms with Crippen molar-refractivity contribution in [2.45, 2.75) is 46.6 Å². The summed E-state index contributed by atoms with van der Waals surface area (Å²) in [5.41, 5.74) is 4.35. The van der Waals surface area contributed by atoms with Crippen LogP contribution in [0.15, 0.2) is 42.5 Å². The van der Waals surface area contributed by atoms with Gasteiger partial charge in [0.25, 0.3) is 5.91 Å². The number of ether oxygens (including phenoxy) is 1. The minimum absolute atomic E-state index is 0.110. The van der Waals surface area contributed by atoms with Crippen LogP contribution in [0.5, 0.6) is 5.75 Å². The van der Waals surface area contributed by atoms with Crippen LogP contribution in [-0.2, 0) is 11.2 Å². The van der Waals surface area contributed by atoms with E-state index in [1.54, 1.807) is 0 Å². The van der Waals surface area contributed by atoms with E-state index in [0.717, 1.165) is 29.0 Å². The maximum absolute atomic E-state index is 12.5. The smallest absolute Gasteiger partial charge is 0.265 e. The molecule has 1 N–H and O–H groups in total. The summed E-state index contributed by atoms with van der Waals surface area (Å²) in [6.45, 7) is 8.11. The zero-order valence-electron chi connectivity index (χ0n) is 14.3. The van der Waals surface area contributed by atoms with Gasteiger partial charge in [0.15, 0.2) is 6.10 Å². The first-order valence-corrected chi connectivity index (χ1v) is 8.17. The van der Waals surface area contributed by atoms with Gasteiger partial charge in [0.1, 0.15) is 5.75 Å². The molecule has 0 bridgehead atoms. The van der Waals surface area contributed by atoms with Crippen molar-refractivity contribution in [3.63, 3.8) is 0 Å². The number of aryl methyl sites for hydroxylation is 2. The lowest BCUT2D eigenvalue weighted by Gasteiger charge is -2.18. The maximum Gasteiger partial charge on any atom is 0.265 e. The molecule has 0 fully saturated rings. The van der Waals surface area contributed by atoms with E-state index in [9.17, 15) is 4.79 Å². The summed E-state index contributed by atoms with van der Waals surface area (Å²) >= 11 is 0. The number of anilines is 1. The van der Waals surface area contributed by atoms with E-state index in [1.807, 2.05) is 63.2 Å². The molecule has 1 amide bonds. The van der Waals surface area contributed by atoms with Crippen LogP contribution in [0.4, 0.5) is 5.69 Å². The van der Waals surface area contributed by atoms with Crippen molar-refractivity contribution in [1.29, 1.82) is 0 Å². The molecule has 0 aromatic heterocycles. The fourth-order valence-electron chi connectivity index (χ4n) is 2.39. The Hall–Kier alpha value is -2.29. The van der Waals surface area contributed by atoms with Gasteiger partial charge in [0.05, 0.1) is 0 Å². The zero-order chi connectivity index (χ0) is 16.8. The lowest BCUT2D eigenvalue weighted by atomic mass is 10.1. The van der Waals surface area contributed by atoms with Gasteiger partial charge in [0, 0.05) is 5.69 Å². The summed E-state index contributed by atoms with van der Waals surface area (Å²) < 4.78 is 5.86. The van der Waals surface area contributed by atoms with E-state index in [2.05, 4.69) is 12.2 Å². The number of carbonyl (C=O) groups is 1. The van der Waals surface area contributed by atoms with Gasteiger partial charge >= 0.3 is 0 Å². The number of carbonyl (C=O) groups excluding carboxylic acids is 1. The monoisotopic (exact) mass is 311 g/mol. The van der Waals surface area contributed by atoms with E-state index < -0.39 is 6.10 Å². The number of nitrogens with one attached hydrogen (secondary N) is 1. The molecular formula is C20H25NO2. The molecule has 1 atom stereocenters. The van der Waals surface area contributed by atoms with Gasteiger partial charge < -0.3 is 10.1 Å². The van der Waals surface area contributed by atoms with Gasteiger partial charge in [-0.05, 0) is 61.6 Å². The number of hydrogen-bond donors (Lipinski definition) is 1. The Balaban J connectivity index is 2.07. The van der Waals surface area contributed by atoms with Crippen LogP contribution in [0.3, 0.4) is 0 Å². The van der Waals surface area contributed by atoms with Gasteiger partial charge in [0.2, 0.25) is 0 Å². The average molecular weight is 311 g/mol. The molecule has 0 aliphatic heterocycles. The highest BCUT2D eigenvalue weighted by Crippen LogP contribution is 2.20. The fourth-order valence-corrected chi connectivity index (χ4v) is 2.39. The van der Waals surface area contributed by atoms with Crippen LogP contribution in [-0.4, -0.2) is 12.0 Å². The summed E-state index contributed by atoms with van der Waals surface area (Å²) in [7, 11) is 0. The highest BCUT2D eigenvalue weighted by molar-refractivity contribution is 5.95. The summed E-state index contributed by atoms with van der Waals surface area (Å²) in [5.74, 6) is 0.617. The molecule has 3 heteroatoms. The first kappa shape index (κ1) is 17.1. The van der Waals surface area contributed by atoms with E-state index in [1.165, 1.54) is 5.56 Å². The third-order valence-corrected chi connectivity index (χ3v) is 4.14. The molecule has 0 aliphatic carbocycles. The second kappa shape index (κ2) is 7.82. The molecule has 0 unspecified atom stereocenters. The maximum atomic E-state index is 12.5. The normalized spacial score (nSPS) is 11.8. The molecule has 0 aliphatic rings. The van der Waals surface area contributed by atoms with Gasteiger partial charge in [-0.1, -0.05) is 38.1 Å². The van der Waals surface area contributed by atoms with Crippen LogP contribution < -0.4 is 10.1 Å². The predicted molar refractivity (Wildman–Crippen MR) is 95.1 cm³/mol. The molecule has 122 valence electrons. The SMILES string of the molecule is CCc1ccc(O[C@H](CC)C(=O)Nc2cccc(C)c2C)cc1. The second-order valence-corrected chi connectivity index (χ2v) is 5.75. The van der Waals surface area contributed by atoms with Crippen molar-refractivity contribution in [3.8, 4) is 5.75 Å². The predicted octanol–water partition coefficient (Wildman–Crippen LogP) is 4.66. The molecule has 0 saturated carbocycles. The first-order chi connectivity index (χ1) is 11.0. The fraction of sp³-hybridized carbons (Fsp3) is 0.350. The Bertz CT molecular complexity index is 662. The van der Waals surface area contributed by atoms with E-state index >= 15 is 0 Å². The summed E-state index contributed by atoms with van der Waals surface area (Å²) in [6, 6.07) is 13.8. The molecule has 2 aromatic rings. The van der Waals surface area contributed by atoms with Crippen molar-refractivity contribution in [3.05, 3.63) is 59.2 Å². The van der Waals surface area contributed by atoms with Crippen LogP contribution in [0.2, 0.25) is 0 Å². The third-order valence-electron chi connectivity index (χ3n) is 4.14. The zero-order valence-corrected chi connectivity index (χ0v) is 14.3. The van der Waals surface area contributed by atoms with Gasteiger partial charge in [-0.25, -0.2) is 0 Å². The van der Waals surface area contributed by atoms with E-state index in [-0.39, 0.29) is 5.91 Å². The lowest BCUT2D eigenvalue weighted by molar-refractivity contribution is -0.122. The van der Waals surface area contributed by atoms with Gasteiger partial charge in [-0.3, -0.25) is 4.79 Å². The van der Waals surface area contributed by atoms with Crippen LogP contribution in [0.25, 0.3) is 0 Å². The molecule has 0 spiro atoms. The Morgan fingerprint density at radius 2 is 1.78 bits per heavy atom. The largest absolute Gasteiger partial charge is 0.481 e. The van der Waals surface area contributed by atoms with Crippen LogP contribution in [0.1, 0.15) is 37.0 Å². The molecule has 23 heavy (non-hydrogen) atoms. The standard InChI is InChI=1S/C20H25NO2/c1-5-16-10-12-17(13-11-16)23-19(6-2)20(22)21-18-9-7-8-14(3)15(18)4/h7-13,19H,5-6H2,1-4H3,(H,21,22)/t19-/m1/s1. The van der Waals surface area contributed by atoms with Crippen molar-refractivity contribution in [2.75, 3.05) is 5.32 Å². The molecule has 2 aromatic carbocycles. The molecule has 2 rings (SSSR count). The Labute approximate surface area is 138 Å². The molecule has 3 nitrogen and oxygen atoms in total. The summed E-state index contributed by atoms with van der Waals surface area (Å²) in [4.78, 5) is 12.5. The van der Waals surface area contributed by atoms with E-state index in [4.69, 9.17) is 4.74 Å².